The normalized spacial score (nSPS) is 10.8. The summed E-state index contributed by atoms with van der Waals surface area (Å²) >= 11 is 8.28. The molecule has 0 saturated heterocycles. The molecule has 0 saturated carbocycles. The van der Waals surface area contributed by atoms with E-state index in [0.29, 0.717) is 12.2 Å². The van der Waals surface area contributed by atoms with Gasteiger partial charge in [-0.2, -0.15) is 0 Å². The second-order valence-electron chi connectivity index (χ2n) is 5.33. The van der Waals surface area contributed by atoms with E-state index in [1.807, 2.05) is 24.4 Å². The molecule has 8 heteroatoms. The van der Waals surface area contributed by atoms with Crippen molar-refractivity contribution in [3.05, 3.63) is 63.1 Å². The van der Waals surface area contributed by atoms with Crippen LogP contribution in [0.2, 0.25) is 0 Å². The summed E-state index contributed by atoms with van der Waals surface area (Å²) in [5.74, 6) is -0.115. The molecule has 0 unspecified atom stereocenters. The number of carbonyl (C=O) groups is 1. The lowest BCUT2D eigenvalue weighted by atomic mass is 10.2. The van der Waals surface area contributed by atoms with Crippen LogP contribution in [0.1, 0.15) is 22.6 Å². The molecule has 3 aromatic rings. The molecule has 25 heavy (non-hydrogen) atoms. The van der Waals surface area contributed by atoms with Crippen LogP contribution in [0.4, 0.5) is 0 Å². The number of imidazole rings is 1. The van der Waals surface area contributed by atoms with Gasteiger partial charge in [0.2, 0.25) is 0 Å². The van der Waals surface area contributed by atoms with E-state index >= 15 is 0 Å². The van der Waals surface area contributed by atoms with Crippen LogP contribution in [0.3, 0.4) is 0 Å². The number of carbonyl (C=O) groups excluding carboxylic acids is 1. The van der Waals surface area contributed by atoms with Gasteiger partial charge in [-0.3, -0.25) is 4.79 Å². The SMILES string of the molecule is O=C(NCCCc1cnc(Sc2ccccc2)[nH]1)c1cc(Br)c(Br)[nH]1. The third kappa shape index (κ3) is 5.23. The van der Waals surface area contributed by atoms with Gasteiger partial charge >= 0.3 is 0 Å². The molecule has 3 N–H and O–H groups in total. The highest BCUT2D eigenvalue weighted by atomic mass is 79.9. The van der Waals surface area contributed by atoms with E-state index in [1.165, 1.54) is 0 Å². The smallest absolute Gasteiger partial charge is 0.267 e. The number of amides is 1. The van der Waals surface area contributed by atoms with Crippen molar-refractivity contribution in [1.82, 2.24) is 20.3 Å². The fourth-order valence-electron chi connectivity index (χ4n) is 2.22. The molecule has 3 rings (SSSR count). The van der Waals surface area contributed by atoms with Crippen molar-refractivity contribution in [2.75, 3.05) is 6.54 Å². The summed E-state index contributed by atoms with van der Waals surface area (Å²) in [4.78, 5) is 23.8. The minimum absolute atomic E-state index is 0.115. The number of aryl methyl sites for hydroxylation is 1. The maximum atomic E-state index is 12.0. The summed E-state index contributed by atoms with van der Waals surface area (Å²) in [5.41, 5.74) is 1.60. The lowest BCUT2D eigenvalue weighted by Crippen LogP contribution is -2.25. The Morgan fingerprint density at radius 2 is 2.00 bits per heavy atom. The van der Waals surface area contributed by atoms with E-state index in [0.717, 1.165) is 37.7 Å². The topological polar surface area (TPSA) is 73.6 Å². The predicted molar refractivity (Wildman–Crippen MR) is 106 cm³/mol. The average Bonchev–Trinajstić information content (AvgIpc) is 3.19. The molecule has 0 radical (unpaired) electrons. The minimum Gasteiger partial charge on any atom is -0.351 e. The monoisotopic (exact) mass is 482 g/mol. The molecule has 0 fully saturated rings. The molecular weight excluding hydrogens is 468 g/mol. The second-order valence-corrected chi connectivity index (χ2v) is 8.04. The number of halogens is 2. The zero-order valence-corrected chi connectivity index (χ0v) is 17.2. The number of benzene rings is 1. The average molecular weight is 484 g/mol. The summed E-state index contributed by atoms with van der Waals surface area (Å²) in [6.07, 6.45) is 3.53. The molecule has 0 aliphatic carbocycles. The molecule has 0 atom stereocenters. The Morgan fingerprint density at radius 3 is 2.72 bits per heavy atom. The first kappa shape index (κ1) is 18.3. The highest BCUT2D eigenvalue weighted by Gasteiger charge is 2.10. The van der Waals surface area contributed by atoms with Crippen LogP contribution in [0.25, 0.3) is 0 Å². The Bertz CT molecular complexity index is 828. The van der Waals surface area contributed by atoms with Crippen molar-refractivity contribution in [2.24, 2.45) is 0 Å². The van der Waals surface area contributed by atoms with Crippen LogP contribution in [-0.4, -0.2) is 27.4 Å². The highest BCUT2D eigenvalue weighted by Crippen LogP contribution is 2.24. The largest absolute Gasteiger partial charge is 0.351 e. The van der Waals surface area contributed by atoms with Crippen LogP contribution >= 0.6 is 43.6 Å². The number of aromatic amines is 2. The molecule has 2 aromatic heterocycles. The number of nitrogens with zero attached hydrogens (tertiary/aromatic N) is 1. The Morgan fingerprint density at radius 1 is 1.20 bits per heavy atom. The molecule has 0 aliphatic heterocycles. The molecule has 5 nitrogen and oxygen atoms in total. The van der Waals surface area contributed by atoms with Gasteiger partial charge in [-0.15, -0.1) is 0 Å². The van der Waals surface area contributed by atoms with Gasteiger partial charge in [-0.25, -0.2) is 4.98 Å². The fraction of sp³-hybridized carbons (Fsp3) is 0.176. The summed E-state index contributed by atoms with van der Waals surface area (Å²) < 4.78 is 1.59. The summed E-state index contributed by atoms with van der Waals surface area (Å²) in [6, 6.07) is 11.9. The van der Waals surface area contributed by atoms with E-state index in [4.69, 9.17) is 0 Å². The Balaban J connectivity index is 1.43. The molecule has 1 aromatic carbocycles. The molecule has 130 valence electrons. The zero-order chi connectivity index (χ0) is 17.6. The van der Waals surface area contributed by atoms with Gasteiger partial charge in [0, 0.05) is 23.3 Å². The van der Waals surface area contributed by atoms with Gasteiger partial charge in [-0.1, -0.05) is 30.0 Å². The number of hydrogen-bond acceptors (Lipinski definition) is 3. The van der Waals surface area contributed by atoms with Crippen molar-refractivity contribution in [1.29, 1.82) is 0 Å². The van der Waals surface area contributed by atoms with E-state index < -0.39 is 0 Å². The number of aromatic nitrogens is 3. The molecular formula is C17H16Br2N4OS. The quantitative estimate of drug-likeness (QED) is 0.423. The molecule has 2 heterocycles. The first-order valence-electron chi connectivity index (χ1n) is 7.71. The summed E-state index contributed by atoms with van der Waals surface area (Å²) in [7, 11) is 0. The van der Waals surface area contributed by atoms with Crippen molar-refractivity contribution in [3.8, 4) is 0 Å². The second kappa shape index (κ2) is 8.73. The van der Waals surface area contributed by atoms with E-state index in [9.17, 15) is 4.79 Å². The van der Waals surface area contributed by atoms with Gasteiger partial charge in [0.15, 0.2) is 5.16 Å². The highest BCUT2D eigenvalue weighted by molar-refractivity contribution is 9.13. The van der Waals surface area contributed by atoms with Crippen LogP contribution in [-0.2, 0) is 6.42 Å². The number of rotatable bonds is 7. The van der Waals surface area contributed by atoms with Crippen molar-refractivity contribution in [2.45, 2.75) is 22.9 Å². The van der Waals surface area contributed by atoms with Crippen LogP contribution in [0.5, 0.6) is 0 Å². The maximum absolute atomic E-state index is 12.0. The third-order valence-corrected chi connectivity index (χ3v) is 6.13. The molecule has 0 spiro atoms. The van der Waals surface area contributed by atoms with E-state index in [1.54, 1.807) is 17.8 Å². The number of nitrogens with one attached hydrogen (secondary N) is 3. The number of H-pyrrole nitrogens is 2. The van der Waals surface area contributed by atoms with E-state index in [2.05, 4.69) is 64.3 Å². The fourth-order valence-corrected chi connectivity index (χ4v) is 3.68. The third-order valence-electron chi connectivity index (χ3n) is 3.44. The summed E-state index contributed by atoms with van der Waals surface area (Å²) in [6.45, 7) is 0.604. The number of hydrogen-bond donors (Lipinski definition) is 3. The van der Waals surface area contributed by atoms with Crippen molar-refractivity contribution >= 4 is 49.5 Å². The maximum Gasteiger partial charge on any atom is 0.267 e. The zero-order valence-electron chi connectivity index (χ0n) is 13.2. The van der Waals surface area contributed by atoms with Gasteiger partial charge in [0.25, 0.3) is 5.91 Å². The molecule has 0 aliphatic rings. The standard InChI is InChI=1S/C17H16Br2N4OS/c18-13-9-14(23-15(13)19)16(24)20-8-4-5-11-10-21-17(22-11)25-12-6-2-1-3-7-12/h1-3,6-7,9-10,23H,4-5,8H2,(H,20,24)(H,21,22). The Labute approximate surface area is 166 Å². The van der Waals surface area contributed by atoms with Crippen molar-refractivity contribution in [3.63, 3.8) is 0 Å². The van der Waals surface area contributed by atoms with Gasteiger partial charge in [0.1, 0.15) is 5.69 Å². The molecule has 1 amide bonds. The van der Waals surface area contributed by atoms with Gasteiger partial charge in [0.05, 0.1) is 9.08 Å². The minimum atomic E-state index is -0.115. The Kier molecular flexibility index (Phi) is 6.39. The van der Waals surface area contributed by atoms with Crippen molar-refractivity contribution < 1.29 is 4.79 Å². The van der Waals surface area contributed by atoms with Gasteiger partial charge < -0.3 is 15.3 Å². The Hall–Kier alpha value is -1.51. The van der Waals surface area contributed by atoms with E-state index in [-0.39, 0.29) is 5.91 Å². The van der Waals surface area contributed by atoms with Crippen LogP contribution in [0.15, 0.2) is 61.7 Å². The predicted octanol–water partition coefficient (Wildman–Crippen LogP) is 4.78. The van der Waals surface area contributed by atoms with Gasteiger partial charge in [-0.05, 0) is 62.9 Å². The first-order valence-corrected chi connectivity index (χ1v) is 10.1. The lowest BCUT2D eigenvalue weighted by Gasteiger charge is -2.03. The van der Waals surface area contributed by atoms with Crippen LogP contribution in [0, 0.1) is 0 Å². The lowest BCUT2D eigenvalue weighted by molar-refractivity contribution is 0.0948. The summed E-state index contributed by atoms with van der Waals surface area (Å²) in [5, 5.41) is 3.79. The molecule has 0 bridgehead atoms. The van der Waals surface area contributed by atoms with Crippen LogP contribution < -0.4 is 5.32 Å². The first-order chi connectivity index (χ1) is 12.1.